The van der Waals surface area contributed by atoms with Crippen molar-refractivity contribution in [3.63, 3.8) is 0 Å². The Labute approximate surface area is 220 Å². The number of hydrogen-bond donors (Lipinski definition) is 5. The third kappa shape index (κ3) is 5.51. The first-order valence-electron chi connectivity index (χ1n) is 12.4. The van der Waals surface area contributed by atoms with Gasteiger partial charge < -0.3 is 34.5 Å². The standard InChI is InChI=1S/C29H31N3O6/c1-17-27(34)26(16-33)38-29(28(17)35)37-23-10-7-20(25(15-23)36-2)6-9-22-14-21(31-32-22)8-4-18-3-5-19-11-12-30-24(19)13-18/h3-15,17,26-30,33-35H,16H2,1-2H3,(H,31,32)/b8-4+,9-6+/t17-,26+,27-,28+,29+/m0/s1. The lowest BCUT2D eigenvalue weighted by atomic mass is 9.91. The molecule has 1 aliphatic heterocycles. The van der Waals surface area contributed by atoms with Crippen LogP contribution < -0.4 is 9.47 Å². The van der Waals surface area contributed by atoms with Gasteiger partial charge >= 0.3 is 0 Å². The molecule has 1 fully saturated rings. The Bertz CT molecular complexity index is 1440. The summed E-state index contributed by atoms with van der Waals surface area (Å²) >= 11 is 0. The Kier molecular flexibility index (Phi) is 7.62. The van der Waals surface area contributed by atoms with E-state index in [1.165, 1.54) is 5.39 Å². The first kappa shape index (κ1) is 25.7. The van der Waals surface area contributed by atoms with Crippen molar-refractivity contribution in [2.75, 3.05) is 13.7 Å². The van der Waals surface area contributed by atoms with Crippen molar-refractivity contribution < 1.29 is 29.5 Å². The zero-order chi connectivity index (χ0) is 26.6. The molecular formula is C29H31N3O6. The van der Waals surface area contributed by atoms with Crippen LogP contribution in [0.3, 0.4) is 0 Å². The Morgan fingerprint density at radius 1 is 1.00 bits per heavy atom. The predicted molar refractivity (Wildman–Crippen MR) is 145 cm³/mol. The fourth-order valence-electron chi connectivity index (χ4n) is 4.46. The minimum absolute atomic E-state index is 0.376. The van der Waals surface area contributed by atoms with Gasteiger partial charge in [0.25, 0.3) is 0 Å². The molecule has 2 aromatic carbocycles. The zero-order valence-corrected chi connectivity index (χ0v) is 21.1. The summed E-state index contributed by atoms with van der Waals surface area (Å²) in [5, 5.41) is 38.6. The minimum Gasteiger partial charge on any atom is -0.496 e. The summed E-state index contributed by atoms with van der Waals surface area (Å²) in [5.41, 5.74) is 4.61. The molecule has 1 saturated heterocycles. The van der Waals surface area contributed by atoms with Crippen LogP contribution in [0.25, 0.3) is 35.2 Å². The van der Waals surface area contributed by atoms with Crippen molar-refractivity contribution in [3.8, 4) is 11.5 Å². The number of aromatic nitrogens is 3. The lowest BCUT2D eigenvalue weighted by Gasteiger charge is -2.40. The minimum atomic E-state index is -1.06. The molecule has 0 saturated carbocycles. The Balaban J connectivity index is 1.25. The normalized spacial score (nSPS) is 24.0. The van der Waals surface area contributed by atoms with Gasteiger partial charge in [0.1, 0.15) is 23.7 Å². The Hall–Kier alpha value is -3.89. The summed E-state index contributed by atoms with van der Waals surface area (Å²) < 4.78 is 16.9. The van der Waals surface area contributed by atoms with Gasteiger partial charge in [-0.1, -0.05) is 25.1 Å². The van der Waals surface area contributed by atoms with Crippen LogP contribution in [-0.4, -0.2) is 68.8 Å². The quantitative estimate of drug-likeness (QED) is 0.241. The highest BCUT2D eigenvalue weighted by Crippen LogP contribution is 2.31. The number of aliphatic hydroxyl groups is 3. The molecule has 198 valence electrons. The first-order chi connectivity index (χ1) is 18.4. The molecule has 9 heteroatoms. The number of fused-ring (bicyclic) bond motifs is 1. The van der Waals surface area contributed by atoms with Crippen molar-refractivity contribution in [2.45, 2.75) is 31.5 Å². The first-order valence-corrected chi connectivity index (χ1v) is 12.4. The van der Waals surface area contributed by atoms with Gasteiger partial charge in [-0.15, -0.1) is 0 Å². The summed E-state index contributed by atoms with van der Waals surface area (Å²) in [4.78, 5) is 3.22. The summed E-state index contributed by atoms with van der Waals surface area (Å²) in [6, 6.07) is 15.5. The molecule has 5 atom stereocenters. The highest BCUT2D eigenvalue weighted by atomic mass is 16.7. The van der Waals surface area contributed by atoms with E-state index >= 15 is 0 Å². The largest absolute Gasteiger partial charge is 0.496 e. The van der Waals surface area contributed by atoms with Crippen LogP contribution in [0.4, 0.5) is 0 Å². The second kappa shape index (κ2) is 11.2. The van der Waals surface area contributed by atoms with Crippen LogP contribution in [0.1, 0.15) is 29.4 Å². The molecule has 0 bridgehead atoms. The van der Waals surface area contributed by atoms with Gasteiger partial charge in [0.2, 0.25) is 6.29 Å². The highest BCUT2D eigenvalue weighted by molar-refractivity contribution is 5.83. The van der Waals surface area contributed by atoms with Gasteiger partial charge in [-0.3, -0.25) is 5.10 Å². The van der Waals surface area contributed by atoms with E-state index in [1.54, 1.807) is 26.2 Å². The van der Waals surface area contributed by atoms with Crippen LogP contribution in [0.5, 0.6) is 11.5 Å². The summed E-state index contributed by atoms with van der Waals surface area (Å²) in [6.07, 6.45) is 5.79. The number of nitrogens with zero attached hydrogens (tertiary/aromatic N) is 1. The summed E-state index contributed by atoms with van der Waals surface area (Å²) in [7, 11) is 1.56. The molecule has 0 unspecified atom stereocenters. The smallest absolute Gasteiger partial charge is 0.226 e. The zero-order valence-electron chi connectivity index (χ0n) is 21.1. The van der Waals surface area contributed by atoms with Gasteiger partial charge in [-0.25, -0.2) is 0 Å². The summed E-state index contributed by atoms with van der Waals surface area (Å²) in [6.45, 7) is 1.31. The molecule has 5 rings (SSSR count). The maximum Gasteiger partial charge on any atom is 0.226 e. The molecule has 3 heterocycles. The predicted octanol–water partition coefficient (Wildman–Crippen LogP) is 3.69. The van der Waals surface area contributed by atoms with Gasteiger partial charge in [-0.05, 0) is 59.5 Å². The molecule has 38 heavy (non-hydrogen) atoms. The number of hydrogen-bond acceptors (Lipinski definition) is 7. The van der Waals surface area contributed by atoms with Crippen LogP contribution in [0.15, 0.2) is 54.7 Å². The second-order valence-corrected chi connectivity index (χ2v) is 9.33. The van der Waals surface area contributed by atoms with E-state index < -0.39 is 30.5 Å². The molecule has 1 aliphatic rings. The maximum absolute atomic E-state index is 10.5. The van der Waals surface area contributed by atoms with E-state index in [4.69, 9.17) is 14.2 Å². The molecule has 0 spiro atoms. The molecule has 0 radical (unpaired) electrons. The van der Waals surface area contributed by atoms with Crippen molar-refractivity contribution in [1.82, 2.24) is 15.2 Å². The van der Waals surface area contributed by atoms with E-state index in [2.05, 4.69) is 33.4 Å². The third-order valence-corrected chi connectivity index (χ3v) is 6.77. The van der Waals surface area contributed by atoms with E-state index in [0.29, 0.717) is 11.5 Å². The van der Waals surface area contributed by atoms with Gasteiger partial charge in [0.05, 0.1) is 31.2 Å². The number of nitrogens with one attached hydrogen (secondary N) is 2. The molecule has 9 nitrogen and oxygen atoms in total. The van der Waals surface area contributed by atoms with Crippen LogP contribution in [-0.2, 0) is 4.74 Å². The van der Waals surface area contributed by atoms with Gasteiger partial charge in [0.15, 0.2) is 0 Å². The van der Waals surface area contributed by atoms with Gasteiger partial charge in [-0.2, -0.15) is 5.10 Å². The van der Waals surface area contributed by atoms with Crippen molar-refractivity contribution in [2.24, 2.45) is 5.92 Å². The Morgan fingerprint density at radius 2 is 1.87 bits per heavy atom. The third-order valence-electron chi connectivity index (χ3n) is 6.77. The van der Waals surface area contributed by atoms with E-state index in [9.17, 15) is 15.3 Å². The maximum atomic E-state index is 10.5. The fraction of sp³-hybridized carbons (Fsp3) is 0.276. The molecule has 5 N–H and O–H groups in total. The van der Waals surface area contributed by atoms with Crippen molar-refractivity contribution in [3.05, 3.63) is 77.2 Å². The number of aliphatic hydroxyl groups excluding tert-OH is 3. The molecule has 0 amide bonds. The number of aromatic amines is 2. The summed E-state index contributed by atoms with van der Waals surface area (Å²) in [5.74, 6) is 0.469. The average molecular weight is 518 g/mol. The highest BCUT2D eigenvalue weighted by Gasteiger charge is 2.43. The number of methoxy groups -OCH3 is 1. The molecule has 0 aliphatic carbocycles. The lowest BCUT2D eigenvalue weighted by molar-refractivity contribution is -0.260. The molecule has 2 aromatic heterocycles. The molecular weight excluding hydrogens is 486 g/mol. The molecule has 4 aromatic rings. The van der Waals surface area contributed by atoms with Crippen LogP contribution in [0.2, 0.25) is 0 Å². The number of benzene rings is 2. The second-order valence-electron chi connectivity index (χ2n) is 9.33. The van der Waals surface area contributed by atoms with E-state index in [-0.39, 0.29) is 6.61 Å². The number of ether oxygens (including phenoxy) is 3. The lowest BCUT2D eigenvalue weighted by Crippen LogP contribution is -2.56. The number of H-pyrrole nitrogens is 2. The van der Waals surface area contributed by atoms with E-state index in [0.717, 1.165) is 28.0 Å². The van der Waals surface area contributed by atoms with Crippen LogP contribution >= 0.6 is 0 Å². The van der Waals surface area contributed by atoms with E-state index in [1.807, 2.05) is 48.7 Å². The SMILES string of the molecule is COc1cc(O[C@@H]2O[C@H](CO)[C@@H](O)[C@H](C)[C@H]2O)ccc1/C=C/c1cc(/C=C/c2ccc3cc[nH]c3c2)n[nH]1. The monoisotopic (exact) mass is 517 g/mol. The number of rotatable bonds is 8. The van der Waals surface area contributed by atoms with Crippen molar-refractivity contribution in [1.29, 1.82) is 0 Å². The fourth-order valence-corrected chi connectivity index (χ4v) is 4.46. The Morgan fingerprint density at radius 3 is 2.68 bits per heavy atom. The topological polar surface area (TPSA) is 133 Å². The van der Waals surface area contributed by atoms with Crippen molar-refractivity contribution >= 4 is 35.2 Å². The average Bonchev–Trinajstić information content (AvgIpc) is 3.60. The van der Waals surface area contributed by atoms with Crippen LogP contribution in [0, 0.1) is 5.92 Å². The van der Waals surface area contributed by atoms with Gasteiger partial charge in [0, 0.05) is 29.3 Å².